The summed E-state index contributed by atoms with van der Waals surface area (Å²) in [6.07, 6.45) is 0. The molecule has 0 aliphatic carbocycles. The van der Waals surface area contributed by atoms with E-state index in [2.05, 4.69) is 10.3 Å². The van der Waals surface area contributed by atoms with Crippen molar-refractivity contribution < 1.29 is 5.11 Å². The molecule has 1 atom stereocenters. The number of hydrogen-bond acceptors (Lipinski definition) is 2. The van der Waals surface area contributed by atoms with Crippen molar-refractivity contribution in [2.45, 2.75) is 46.2 Å². The normalized spacial score (nSPS) is 15.8. The van der Waals surface area contributed by atoms with E-state index in [-0.39, 0.29) is 18.2 Å². The van der Waals surface area contributed by atoms with Gasteiger partial charge in [-0.2, -0.15) is 0 Å². The SMILES string of the molecule is CC(C)C(CO)N=C(N)NC(C)(C)C. The molecule has 14 heavy (non-hydrogen) atoms. The predicted octanol–water partition coefficient (Wildman–Crippen LogP) is 0.706. The standard InChI is InChI=1S/C10H23N3O/c1-7(2)8(6-14)12-9(11)13-10(3,4)5/h7-8,14H,6H2,1-5H3,(H3,11,12,13). The van der Waals surface area contributed by atoms with E-state index in [1.807, 2.05) is 34.6 Å². The minimum absolute atomic E-state index is 0.0319. The molecular formula is C10H23N3O. The molecule has 0 fully saturated rings. The lowest BCUT2D eigenvalue weighted by Gasteiger charge is -2.23. The van der Waals surface area contributed by atoms with Crippen LogP contribution in [0, 0.1) is 5.92 Å². The highest BCUT2D eigenvalue weighted by Crippen LogP contribution is 2.05. The second-order valence-corrected chi connectivity index (χ2v) is 4.88. The van der Waals surface area contributed by atoms with E-state index < -0.39 is 0 Å². The molecule has 0 heterocycles. The van der Waals surface area contributed by atoms with Gasteiger partial charge in [-0.3, -0.25) is 0 Å². The molecule has 0 bridgehead atoms. The van der Waals surface area contributed by atoms with Crippen LogP contribution in [-0.2, 0) is 0 Å². The highest BCUT2D eigenvalue weighted by Gasteiger charge is 2.14. The van der Waals surface area contributed by atoms with E-state index in [1.165, 1.54) is 0 Å². The molecule has 4 N–H and O–H groups in total. The molecule has 1 unspecified atom stereocenters. The van der Waals surface area contributed by atoms with Crippen LogP contribution >= 0.6 is 0 Å². The zero-order valence-electron chi connectivity index (χ0n) is 9.83. The summed E-state index contributed by atoms with van der Waals surface area (Å²) < 4.78 is 0. The van der Waals surface area contributed by atoms with E-state index in [0.29, 0.717) is 11.9 Å². The Morgan fingerprint density at radius 2 is 1.93 bits per heavy atom. The van der Waals surface area contributed by atoms with Gasteiger partial charge in [0.1, 0.15) is 0 Å². The van der Waals surface area contributed by atoms with Crippen LogP contribution in [0.25, 0.3) is 0 Å². The van der Waals surface area contributed by atoms with Gasteiger partial charge in [-0.05, 0) is 26.7 Å². The van der Waals surface area contributed by atoms with Gasteiger partial charge in [-0.1, -0.05) is 13.8 Å². The smallest absolute Gasteiger partial charge is 0.189 e. The number of nitrogens with two attached hydrogens (primary N) is 1. The Kier molecular flexibility index (Phi) is 4.91. The monoisotopic (exact) mass is 201 g/mol. The maximum atomic E-state index is 9.05. The molecule has 0 aliphatic heterocycles. The number of hydrogen-bond donors (Lipinski definition) is 3. The lowest BCUT2D eigenvalue weighted by Crippen LogP contribution is -2.46. The van der Waals surface area contributed by atoms with Crippen LogP contribution in [0.4, 0.5) is 0 Å². The molecule has 84 valence electrons. The summed E-state index contributed by atoms with van der Waals surface area (Å²) in [4.78, 5) is 4.21. The highest BCUT2D eigenvalue weighted by atomic mass is 16.3. The van der Waals surface area contributed by atoms with Crippen molar-refractivity contribution in [1.29, 1.82) is 0 Å². The maximum absolute atomic E-state index is 9.05. The number of nitrogens with zero attached hydrogens (tertiary/aromatic N) is 1. The van der Waals surface area contributed by atoms with Crippen molar-refractivity contribution in [3.63, 3.8) is 0 Å². The molecule has 0 saturated carbocycles. The molecule has 0 aliphatic rings. The Hall–Kier alpha value is -0.770. The summed E-state index contributed by atoms with van der Waals surface area (Å²) in [6.45, 7) is 10.1. The Bertz CT molecular complexity index is 194. The van der Waals surface area contributed by atoms with Crippen LogP contribution in [-0.4, -0.2) is 29.3 Å². The lowest BCUT2D eigenvalue weighted by molar-refractivity contribution is 0.239. The quantitative estimate of drug-likeness (QED) is 0.465. The number of aliphatic imine (C=N–C) groups is 1. The average Bonchev–Trinajstić information content (AvgIpc) is 1.96. The van der Waals surface area contributed by atoms with Crippen LogP contribution in [0.2, 0.25) is 0 Å². The lowest BCUT2D eigenvalue weighted by atomic mass is 10.1. The van der Waals surface area contributed by atoms with E-state index >= 15 is 0 Å². The molecule has 0 aromatic rings. The molecule has 0 amide bonds. The third kappa shape index (κ3) is 5.80. The van der Waals surface area contributed by atoms with Crippen molar-refractivity contribution in [2.75, 3.05) is 6.61 Å². The third-order valence-corrected chi connectivity index (χ3v) is 1.76. The molecule has 0 spiro atoms. The maximum Gasteiger partial charge on any atom is 0.189 e. The fourth-order valence-electron chi connectivity index (χ4n) is 0.996. The highest BCUT2D eigenvalue weighted by molar-refractivity contribution is 5.78. The number of rotatable bonds is 3. The number of nitrogens with one attached hydrogen (secondary N) is 1. The first-order valence-electron chi connectivity index (χ1n) is 4.98. The van der Waals surface area contributed by atoms with Gasteiger partial charge in [0.25, 0.3) is 0 Å². The number of aliphatic hydroxyl groups excluding tert-OH is 1. The van der Waals surface area contributed by atoms with Gasteiger partial charge in [-0.15, -0.1) is 0 Å². The zero-order chi connectivity index (χ0) is 11.4. The second kappa shape index (κ2) is 5.20. The minimum atomic E-state index is -0.121. The fourth-order valence-corrected chi connectivity index (χ4v) is 0.996. The van der Waals surface area contributed by atoms with E-state index in [4.69, 9.17) is 10.8 Å². The topological polar surface area (TPSA) is 70.6 Å². The summed E-state index contributed by atoms with van der Waals surface area (Å²) in [5, 5.41) is 12.1. The summed E-state index contributed by atoms with van der Waals surface area (Å²) in [7, 11) is 0. The first-order valence-corrected chi connectivity index (χ1v) is 4.98. The van der Waals surface area contributed by atoms with Gasteiger partial charge in [0.2, 0.25) is 0 Å². The van der Waals surface area contributed by atoms with Crippen LogP contribution in [0.1, 0.15) is 34.6 Å². The number of aliphatic hydroxyl groups is 1. The van der Waals surface area contributed by atoms with Gasteiger partial charge in [-0.25, -0.2) is 4.99 Å². The van der Waals surface area contributed by atoms with Crippen molar-refractivity contribution in [3.05, 3.63) is 0 Å². The summed E-state index contributed by atoms with van der Waals surface area (Å²) in [6, 6.07) is -0.121. The molecule has 0 aromatic carbocycles. The molecule has 0 saturated heterocycles. The minimum Gasteiger partial charge on any atom is -0.394 e. The van der Waals surface area contributed by atoms with Gasteiger partial charge in [0, 0.05) is 5.54 Å². The predicted molar refractivity (Wildman–Crippen MR) is 60.2 cm³/mol. The van der Waals surface area contributed by atoms with Crippen molar-refractivity contribution in [1.82, 2.24) is 5.32 Å². The Morgan fingerprint density at radius 1 is 1.43 bits per heavy atom. The van der Waals surface area contributed by atoms with Gasteiger partial charge < -0.3 is 16.2 Å². The van der Waals surface area contributed by atoms with E-state index in [0.717, 1.165) is 0 Å². The van der Waals surface area contributed by atoms with Crippen molar-refractivity contribution in [2.24, 2.45) is 16.6 Å². The van der Waals surface area contributed by atoms with Gasteiger partial charge in [0.15, 0.2) is 5.96 Å². The van der Waals surface area contributed by atoms with Crippen LogP contribution in [0.5, 0.6) is 0 Å². The molecule has 0 radical (unpaired) electrons. The van der Waals surface area contributed by atoms with Gasteiger partial charge >= 0.3 is 0 Å². The molecule has 4 nitrogen and oxygen atoms in total. The number of guanidine groups is 1. The van der Waals surface area contributed by atoms with Gasteiger partial charge in [0.05, 0.1) is 12.6 Å². The fraction of sp³-hybridized carbons (Fsp3) is 0.900. The average molecular weight is 201 g/mol. The summed E-state index contributed by atoms with van der Waals surface area (Å²) in [5.74, 6) is 0.686. The molecule has 4 heteroatoms. The van der Waals surface area contributed by atoms with Crippen LogP contribution in [0.3, 0.4) is 0 Å². The molecule has 0 aromatic heterocycles. The molecule has 0 rings (SSSR count). The van der Waals surface area contributed by atoms with Crippen molar-refractivity contribution >= 4 is 5.96 Å². The molecular weight excluding hydrogens is 178 g/mol. The Labute approximate surface area is 86.6 Å². The van der Waals surface area contributed by atoms with Crippen molar-refractivity contribution in [3.8, 4) is 0 Å². The first-order chi connectivity index (χ1) is 6.26. The summed E-state index contributed by atoms with van der Waals surface area (Å²) >= 11 is 0. The largest absolute Gasteiger partial charge is 0.394 e. The van der Waals surface area contributed by atoms with E-state index in [9.17, 15) is 0 Å². The zero-order valence-corrected chi connectivity index (χ0v) is 9.83. The van der Waals surface area contributed by atoms with Crippen LogP contribution in [0.15, 0.2) is 4.99 Å². The first kappa shape index (κ1) is 13.2. The Balaban J connectivity index is 4.34. The van der Waals surface area contributed by atoms with E-state index in [1.54, 1.807) is 0 Å². The Morgan fingerprint density at radius 3 is 2.21 bits per heavy atom. The third-order valence-electron chi connectivity index (χ3n) is 1.76. The second-order valence-electron chi connectivity index (χ2n) is 4.88. The summed E-state index contributed by atoms with van der Waals surface area (Å²) in [5.41, 5.74) is 5.61. The van der Waals surface area contributed by atoms with Crippen LogP contribution < -0.4 is 11.1 Å².